The standard InChI is InChI=1S/C54H79N3O7S2/c1-41(2)23-32-51(60)55-35-17-11-15-21-50(59)56-36-37-65-66-53(4,5)34-33-47(58)20-14-8-9-16-22-52(61)57-39-42(3)38-46(57)40-64-54(43-18-12-10-13-19-43,44-24-28-48(62-6)29-25-44)45-26-30-49(63-7)31-27-45/h10,12-13,18-19,24-31,41-42,46H,8-9,11,14-17,20-23,32-40H2,1-7H3,(H,55,60)(H,56,59)/t42-,46+/m1/s1. The van der Waals surface area contributed by atoms with E-state index in [2.05, 4.69) is 81.7 Å². The maximum atomic E-state index is 13.8. The predicted octanol–water partition coefficient (Wildman–Crippen LogP) is 11.3. The third-order valence-electron chi connectivity index (χ3n) is 12.4. The Hall–Kier alpha value is -4.00. The Kier molecular flexibility index (Phi) is 24.0. The van der Waals surface area contributed by atoms with Crippen LogP contribution in [0.2, 0.25) is 0 Å². The second kappa shape index (κ2) is 29.0. The van der Waals surface area contributed by atoms with Crippen LogP contribution in [0, 0.1) is 11.8 Å². The van der Waals surface area contributed by atoms with Gasteiger partial charge >= 0.3 is 0 Å². The van der Waals surface area contributed by atoms with Crippen LogP contribution in [0.4, 0.5) is 0 Å². The van der Waals surface area contributed by atoms with Crippen LogP contribution in [-0.4, -0.2) is 85.4 Å². The number of amides is 3. The van der Waals surface area contributed by atoms with E-state index in [1.165, 1.54) is 0 Å². The number of hydrogen-bond acceptors (Lipinski definition) is 9. The van der Waals surface area contributed by atoms with Gasteiger partial charge in [0.1, 0.15) is 22.9 Å². The van der Waals surface area contributed by atoms with E-state index in [9.17, 15) is 19.2 Å². The lowest BCUT2D eigenvalue weighted by atomic mass is 9.80. The summed E-state index contributed by atoms with van der Waals surface area (Å²) in [5, 5.41) is 5.99. The Morgan fingerprint density at radius 2 is 1.26 bits per heavy atom. The summed E-state index contributed by atoms with van der Waals surface area (Å²) < 4.78 is 18.2. The molecular weight excluding hydrogens is 867 g/mol. The zero-order valence-electron chi connectivity index (χ0n) is 41.0. The topological polar surface area (TPSA) is 123 Å². The summed E-state index contributed by atoms with van der Waals surface area (Å²) >= 11 is 0. The molecule has 66 heavy (non-hydrogen) atoms. The average Bonchev–Trinajstić information content (AvgIpc) is 3.70. The Balaban J connectivity index is 1.13. The van der Waals surface area contributed by atoms with Gasteiger partial charge in [0.2, 0.25) is 17.7 Å². The summed E-state index contributed by atoms with van der Waals surface area (Å²) in [6.07, 6.45) is 11.5. The number of carbonyl (C=O) groups is 4. The number of nitrogens with one attached hydrogen (secondary N) is 2. The quantitative estimate of drug-likeness (QED) is 0.0358. The maximum absolute atomic E-state index is 13.8. The SMILES string of the molecule is COc1ccc(C(OC[C@@H]2C[C@@H](C)CN2C(=O)CCCCCCC(=O)CCC(C)(C)SSCCNC(=O)CCCCCNC(=O)CCC(C)C)(c2ccccc2)c2ccc(OC)cc2)cc1. The van der Waals surface area contributed by atoms with Gasteiger partial charge in [0.05, 0.1) is 26.9 Å². The van der Waals surface area contributed by atoms with E-state index in [4.69, 9.17) is 14.2 Å². The molecule has 1 saturated heterocycles. The summed E-state index contributed by atoms with van der Waals surface area (Å²) in [6, 6.07) is 26.3. The number of nitrogens with zero attached hydrogens (tertiary/aromatic N) is 1. The van der Waals surface area contributed by atoms with Gasteiger partial charge in [0.25, 0.3) is 0 Å². The fourth-order valence-electron chi connectivity index (χ4n) is 8.46. The van der Waals surface area contributed by atoms with Crippen molar-refractivity contribution in [3.05, 3.63) is 95.6 Å². The fraction of sp³-hybridized carbons (Fsp3) is 0.593. The highest BCUT2D eigenvalue weighted by Crippen LogP contribution is 2.43. The number of methoxy groups -OCH3 is 2. The number of hydrogen-bond donors (Lipinski definition) is 2. The minimum atomic E-state index is -0.942. The van der Waals surface area contributed by atoms with Crippen LogP contribution in [0.25, 0.3) is 0 Å². The van der Waals surface area contributed by atoms with Crippen molar-refractivity contribution in [2.24, 2.45) is 11.8 Å². The number of rotatable bonds is 32. The predicted molar refractivity (Wildman–Crippen MR) is 272 cm³/mol. The molecule has 0 aliphatic carbocycles. The number of ether oxygens (including phenoxy) is 3. The van der Waals surface area contributed by atoms with Crippen LogP contribution < -0.4 is 20.1 Å². The van der Waals surface area contributed by atoms with Gasteiger partial charge in [-0.25, -0.2) is 0 Å². The molecule has 2 atom stereocenters. The molecule has 1 fully saturated rings. The molecule has 0 unspecified atom stereocenters. The van der Waals surface area contributed by atoms with Crippen molar-refractivity contribution >= 4 is 45.1 Å². The van der Waals surface area contributed by atoms with E-state index in [1.807, 2.05) is 47.4 Å². The summed E-state index contributed by atoms with van der Waals surface area (Å²) in [7, 11) is 6.86. The van der Waals surface area contributed by atoms with Gasteiger partial charge in [0, 0.05) is 62.2 Å². The molecule has 3 aromatic carbocycles. The van der Waals surface area contributed by atoms with Crippen molar-refractivity contribution in [1.82, 2.24) is 15.5 Å². The monoisotopic (exact) mass is 946 g/mol. The first kappa shape index (κ1) is 54.6. The molecule has 0 spiro atoms. The number of ketones is 1. The van der Waals surface area contributed by atoms with E-state index < -0.39 is 5.60 Å². The Bertz CT molecular complexity index is 1840. The van der Waals surface area contributed by atoms with Gasteiger partial charge in [0.15, 0.2) is 0 Å². The van der Waals surface area contributed by atoms with Crippen molar-refractivity contribution in [3.8, 4) is 11.5 Å². The second-order valence-electron chi connectivity index (χ2n) is 18.9. The van der Waals surface area contributed by atoms with Gasteiger partial charge < -0.3 is 29.7 Å². The van der Waals surface area contributed by atoms with Crippen molar-refractivity contribution < 1.29 is 33.4 Å². The Morgan fingerprint density at radius 1 is 0.697 bits per heavy atom. The number of unbranched alkanes of at least 4 members (excludes halogenated alkanes) is 5. The largest absolute Gasteiger partial charge is 0.497 e. The summed E-state index contributed by atoms with van der Waals surface area (Å²) in [5.74, 6) is 3.91. The molecule has 364 valence electrons. The summed E-state index contributed by atoms with van der Waals surface area (Å²) in [5.41, 5.74) is 1.99. The minimum Gasteiger partial charge on any atom is -0.497 e. The highest BCUT2D eigenvalue weighted by atomic mass is 33.1. The van der Waals surface area contributed by atoms with Gasteiger partial charge in [-0.1, -0.05) is 116 Å². The molecular formula is C54H79N3O7S2. The summed E-state index contributed by atoms with van der Waals surface area (Å²) in [4.78, 5) is 52.8. The molecule has 0 saturated carbocycles. The molecule has 2 N–H and O–H groups in total. The molecule has 0 aromatic heterocycles. The van der Waals surface area contributed by atoms with E-state index in [0.717, 1.165) is 105 Å². The van der Waals surface area contributed by atoms with Crippen LogP contribution in [0.3, 0.4) is 0 Å². The Labute approximate surface area is 404 Å². The van der Waals surface area contributed by atoms with Crippen LogP contribution >= 0.6 is 21.6 Å². The summed E-state index contributed by atoms with van der Waals surface area (Å²) in [6.45, 7) is 13.2. The number of carbonyl (C=O) groups excluding carboxylic acids is 4. The highest BCUT2D eigenvalue weighted by molar-refractivity contribution is 8.77. The molecule has 4 rings (SSSR count). The van der Waals surface area contributed by atoms with Crippen LogP contribution in [0.15, 0.2) is 78.9 Å². The lowest BCUT2D eigenvalue weighted by Gasteiger charge is -2.38. The fourth-order valence-corrected chi connectivity index (χ4v) is 10.9. The minimum absolute atomic E-state index is 0.0424. The third kappa shape index (κ3) is 18.6. The molecule has 3 amide bonds. The van der Waals surface area contributed by atoms with Crippen molar-refractivity contribution in [1.29, 1.82) is 0 Å². The van der Waals surface area contributed by atoms with E-state index >= 15 is 0 Å². The van der Waals surface area contributed by atoms with Gasteiger partial charge in [-0.15, -0.1) is 0 Å². The molecule has 3 aromatic rings. The van der Waals surface area contributed by atoms with Gasteiger partial charge in [-0.2, -0.15) is 0 Å². The second-order valence-corrected chi connectivity index (χ2v) is 22.0. The molecule has 10 nitrogen and oxygen atoms in total. The van der Waals surface area contributed by atoms with E-state index in [1.54, 1.807) is 35.8 Å². The third-order valence-corrected chi connectivity index (χ3v) is 15.7. The molecule has 12 heteroatoms. The van der Waals surface area contributed by atoms with Crippen molar-refractivity contribution in [2.75, 3.05) is 46.2 Å². The molecule has 0 radical (unpaired) electrons. The molecule has 0 bridgehead atoms. The number of benzene rings is 3. The Morgan fingerprint density at radius 3 is 1.88 bits per heavy atom. The van der Waals surface area contributed by atoms with E-state index in [0.29, 0.717) is 69.4 Å². The van der Waals surface area contributed by atoms with Crippen molar-refractivity contribution in [2.45, 2.75) is 147 Å². The van der Waals surface area contributed by atoms with Crippen LogP contribution in [-0.2, 0) is 29.5 Å². The zero-order valence-corrected chi connectivity index (χ0v) is 42.6. The first-order valence-electron chi connectivity index (χ1n) is 24.4. The number of Topliss-reactive ketones (excluding diaryl/α,β-unsaturated/α-hetero) is 1. The highest BCUT2D eigenvalue weighted by Gasteiger charge is 2.41. The lowest BCUT2D eigenvalue weighted by molar-refractivity contribution is -0.134. The number of likely N-dealkylation sites (tertiary alicyclic amines) is 1. The van der Waals surface area contributed by atoms with Gasteiger partial charge in [-0.05, 0) is 112 Å². The average molecular weight is 946 g/mol. The first-order chi connectivity index (χ1) is 31.8. The molecule has 1 heterocycles. The van der Waals surface area contributed by atoms with Crippen LogP contribution in [0.1, 0.15) is 148 Å². The van der Waals surface area contributed by atoms with Crippen LogP contribution in [0.5, 0.6) is 11.5 Å². The normalized spacial score (nSPS) is 15.2. The van der Waals surface area contributed by atoms with E-state index in [-0.39, 0.29) is 28.5 Å². The zero-order chi connectivity index (χ0) is 47.8. The maximum Gasteiger partial charge on any atom is 0.222 e. The van der Waals surface area contributed by atoms with Gasteiger partial charge in [-0.3, -0.25) is 19.2 Å². The smallest absolute Gasteiger partial charge is 0.222 e. The molecule has 1 aliphatic rings. The lowest BCUT2D eigenvalue weighted by Crippen LogP contribution is -2.42. The van der Waals surface area contributed by atoms with Crippen molar-refractivity contribution in [3.63, 3.8) is 0 Å². The first-order valence-corrected chi connectivity index (χ1v) is 26.7. The molecule has 1 aliphatic heterocycles.